The first-order valence-electron chi connectivity index (χ1n) is 10.1. The predicted octanol–water partition coefficient (Wildman–Crippen LogP) is 7.10. The molecule has 0 saturated heterocycles. The van der Waals surface area contributed by atoms with Gasteiger partial charge in [-0.2, -0.15) is 0 Å². The topological polar surface area (TPSA) is 46.0 Å². The van der Waals surface area contributed by atoms with E-state index in [-0.39, 0.29) is 0 Å². The number of halogens is 2. The summed E-state index contributed by atoms with van der Waals surface area (Å²) in [4.78, 5) is 0. The fourth-order valence-electron chi connectivity index (χ4n) is 3.42. The third-order valence-corrected chi connectivity index (χ3v) is 5.65. The van der Waals surface area contributed by atoms with Gasteiger partial charge in [0.2, 0.25) is 0 Å². The molecule has 2 heterocycles. The molecule has 0 aliphatic carbocycles. The Morgan fingerprint density at radius 1 is 0.852 bits per heavy atom. The van der Waals surface area contributed by atoms with Crippen molar-refractivity contribution >= 4 is 28.8 Å². The molecule has 1 N–H and O–H groups in total. The van der Waals surface area contributed by atoms with Crippen molar-refractivity contribution in [3.63, 3.8) is 0 Å². The van der Waals surface area contributed by atoms with Crippen LogP contribution >= 0.6 is 23.2 Å². The summed E-state index contributed by atoms with van der Waals surface area (Å²) in [6.07, 6.45) is 12.8. The van der Waals surface area contributed by atoms with Gasteiger partial charge in [-0.15, -0.1) is 10.2 Å². The quantitative estimate of drug-likeness (QED) is 0.345. The van der Waals surface area contributed by atoms with Crippen LogP contribution in [0.15, 0.2) is 24.3 Å². The second kappa shape index (κ2) is 10.1. The minimum Gasteiger partial charge on any atom is -0.293 e. The number of H-pyrrole nitrogens is 1. The lowest BCUT2D eigenvalue weighted by Crippen LogP contribution is -1.93. The Morgan fingerprint density at radius 2 is 1.48 bits per heavy atom. The zero-order valence-corrected chi connectivity index (χ0v) is 17.5. The van der Waals surface area contributed by atoms with Crippen LogP contribution in [-0.2, 0) is 6.42 Å². The van der Waals surface area contributed by atoms with E-state index >= 15 is 0 Å². The summed E-state index contributed by atoms with van der Waals surface area (Å²) < 4.78 is 1.87. The van der Waals surface area contributed by atoms with E-state index < -0.39 is 0 Å². The standard InChI is InChI=1S/C21H28Cl2N4/c1-2-3-4-5-6-7-8-9-10-11-18-19(23)21-25-24-20(27(21)26-18)16-12-14-17(22)15-13-16/h12-15,26H,2-11H2,1H3. The first-order valence-corrected chi connectivity index (χ1v) is 10.8. The molecule has 0 radical (unpaired) electrons. The predicted molar refractivity (Wildman–Crippen MR) is 114 cm³/mol. The minimum atomic E-state index is 0.683. The van der Waals surface area contributed by atoms with Gasteiger partial charge in [-0.05, 0) is 37.1 Å². The van der Waals surface area contributed by atoms with Crippen LogP contribution in [0.1, 0.15) is 70.4 Å². The molecule has 27 heavy (non-hydrogen) atoms. The summed E-state index contributed by atoms with van der Waals surface area (Å²) in [5.41, 5.74) is 2.69. The van der Waals surface area contributed by atoms with Gasteiger partial charge < -0.3 is 0 Å². The highest BCUT2D eigenvalue weighted by Gasteiger charge is 2.16. The molecule has 0 saturated carbocycles. The van der Waals surface area contributed by atoms with Crippen molar-refractivity contribution < 1.29 is 0 Å². The maximum atomic E-state index is 6.52. The molecule has 4 nitrogen and oxygen atoms in total. The summed E-state index contributed by atoms with van der Waals surface area (Å²) in [6, 6.07) is 7.58. The molecule has 0 aliphatic rings. The Hall–Kier alpha value is -1.52. The molecule has 1 aromatic carbocycles. The second-order valence-corrected chi connectivity index (χ2v) is 7.99. The number of nitrogens with one attached hydrogen (secondary N) is 1. The van der Waals surface area contributed by atoms with Gasteiger partial charge in [0.1, 0.15) is 5.02 Å². The van der Waals surface area contributed by atoms with Crippen molar-refractivity contribution in [3.8, 4) is 11.4 Å². The highest BCUT2D eigenvalue weighted by molar-refractivity contribution is 6.34. The molecule has 3 aromatic rings. The second-order valence-electron chi connectivity index (χ2n) is 7.17. The monoisotopic (exact) mass is 406 g/mol. The van der Waals surface area contributed by atoms with Crippen molar-refractivity contribution in [1.82, 2.24) is 19.8 Å². The summed E-state index contributed by atoms with van der Waals surface area (Å²) in [5.74, 6) is 0.752. The van der Waals surface area contributed by atoms with Crippen LogP contribution in [0.3, 0.4) is 0 Å². The number of aromatic nitrogens is 4. The third-order valence-electron chi connectivity index (χ3n) is 5.00. The molecule has 0 spiro atoms. The van der Waals surface area contributed by atoms with Gasteiger partial charge in [0.15, 0.2) is 11.5 Å². The third kappa shape index (κ3) is 5.26. The van der Waals surface area contributed by atoms with Crippen molar-refractivity contribution in [1.29, 1.82) is 0 Å². The van der Waals surface area contributed by atoms with Crippen LogP contribution < -0.4 is 0 Å². The van der Waals surface area contributed by atoms with Crippen LogP contribution in [0, 0.1) is 0 Å². The van der Waals surface area contributed by atoms with Gasteiger partial charge in [-0.3, -0.25) is 5.10 Å². The molecule has 3 rings (SSSR count). The molecule has 0 unspecified atom stereocenters. The number of rotatable bonds is 11. The Bertz CT molecular complexity index is 836. The largest absolute Gasteiger partial charge is 0.293 e. The lowest BCUT2D eigenvalue weighted by molar-refractivity contribution is 0.563. The van der Waals surface area contributed by atoms with E-state index in [4.69, 9.17) is 23.2 Å². The normalized spacial score (nSPS) is 11.5. The Kier molecular flexibility index (Phi) is 7.59. The molecular formula is C21H28Cl2N4. The smallest absolute Gasteiger partial charge is 0.196 e. The summed E-state index contributed by atoms with van der Waals surface area (Å²) in [6.45, 7) is 2.26. The zero-order valence-electron chi connectivity index (χ0n) is 16.0. The molecular weight excluding hydrogens is 379 g/mol. The van der Waals surface area contributed by atoms with E-state index in [1.807, 2.05) is 28.8 Å². The molecule has 2 aromatic heterocycles. The van der Waals surface area contributed by atoms with Crippen LogP contribution in [0.4, 0.5) is 0 Å². The number of aryl methyl sites for hydroxylation is 1. The maximum absolute atomic E-state index is 6.52. The highest BCUT2D eigenvalue weighted by Crippen LogP contribution is 2.27. The van der Waals surface area contributed by atoms with Crippen molar-refractivity contribution in [2.75, 3.05) is 0 Å². The lowest BCUT2D eigenvalue weighted by Gasteiger charge is -2.02. The fraction of sp³-hybridized carbons (Fsp3) is 0.524. The van der Waals surface area contributed by atoms with Gasteiger partial charge in [-0.1, -0.05) is 81.5 Å². The van der Waals surface area contributed by atoms with Crippen LogP contribution in [0.5, 0.6) is 0 Å². The van der Waals surface area contributed by atoms with Crippen LogP contribution in [0.2, 0.25) is 10.0 Å². The van der Waals surface area contributed by atoms with E-state index in [1.165, 1.54) is 51.4 Å². The fourth-order valence-corrected chi connectivity index (χ4v) is 3.80. The van der Waals surface area contributed by atoms with E-state index in [1.54, 1.807) is 0 Å². The van der Waals surface area contributed by atoms with Gasteiger partial charge in [0.05, 0.1) is 5.69 Å². The van der Waals surface area contributed by atoms with Gasteiger partial charge >= 0.3 is 0 Å². The number of unbranched alkanes of at least 4 members (excludes halogenated alkanes) is 8. The number of aromatic amines is 1. The minimum absolute atomic E-state index is 0.683. The SMILES string of the molecule is CCCCCCCCCCCc1[nH]n2c(-c3ccc(Cl)cc3)nnc2c1Cl. The Labute approximate surface area is 171 Å². The number of hydrogen-bond donors (Lipinski definition) is 1. The van der Waals surface area contributed by atoms with Crippen molar-refractivity contribution in [2.24, 2.45) is 0 Å². The molecule has 6 heteroatoms. The molecule has 146 valence electrons. The van der Waals surface area contributed by atoms with Gasteiger partial charge in [0.25, 0.3) is 0 Å². The van der Waals surface area contributed by atoms with Crippen LogP contribution in [-0.4, -0.2) is 19.8 Å². The Balaban J connectivity index is 1.52. The number of fused-ring (bicyclic) bond motifs is 1. The first kappa shape index (κ1) is 20.2. The molecule has 0 bridgehead atoms. The summed E-state index contributed by atoms with van der Waals surface area (Å²) >= 11 is 12.5. The van der Waals surface area contributed by atoms with Crippen molar-refractivity contribution in [2.45, 2.75) is 71.1 Å². The van der Waals surface area contributed by atoms with E-state index in [9.17, 15) is 0 Å². The van der Waals surface area contributed by atoms with Crippen molar-refractivity contribution in [3.05, 3.63) is 40.0 Å². The number of nitrogens with zero attached hydrogens (tertiary/aromatic N) is 3. The number of benzene rings is 1. The average molecular weight is 407 g/mol. The highest BCUT2D eigenvalue weighted by atomic mass is 35.5. The molecule has 0 amide bonds. The summed E-state index contributed by atoms with van der Waals surface area (Å²) in [5, 5.41) is 13.3. The number of hydrogen-bond acceptors (Lipinski definition) is 2. The van der Waals surface area contributed by atoms with Gasteiger partial charge in [0, 0.05) is 10.6 Å². The molecule has 0 fully saturated rings. The van der Waals surface area contributed by atoms with E-state index in [0.717, 1.165) is 29.9 Å². The lowest BCUT2D eigenvalue weighted by atomic mass is 10.1. The van der Waals surface area contributed by atoms with E-state index in [2.05, 4.69) is 22.2 Å². The average Bonchev–Trinajstić information content (AvgIpc) is 3.22. The van der Waals surface area contributed by atoms with Crippen LogP contribution in [0.25, 0.3) is 17.0 Å². The molecule has 0 atom stereocenters. The summed E-state index contributed by atoms with van der Waals surface area (Å²) in [7, 11) is 0. The van der Waals surface area contributed by atoms with Gasteiger partial charge in [-0.25, -0.2) is 4.52 Å². The molecule has 0 aliphatic heterocycles. The van der Waals surface area contributed by atoms with E-state index in [0.29, 0.717) is 15.7 Å². The zero-order chi connectivity index (χ0) is 19.1. The Morgan fingerprint density at radius 3 is 2.15 bits per heavy atom. The maximum Gasteiger partial charge on any atom is 0.196 e. The first-order chi connectivity index (χ1) is 13.2.